The average Bonchev–Trinajstić information content (AvgIpc) is 2.55. The molecule has 0 aliphatic rings. The number of nitrogens with two attached hydrogens (primary N) is 1. The van der Waals surface area contributed by atoms with E-state index >= 15 is 0 Å². The molecule has 0 aliphatic heterocycles. The summed E-state index contributed by atoms with van der Waals surface area (Å²) in [6, 6.07) is 3.94. The number of fused-ring (bicyclic) bond motifs is 1. The summed E-state index contributed by atoms with van der Waals surface area (Å²) in [4.78, 5) is 4.54. The van der Waals surface area contributed by atoms with Gasteiger partial charge in [0.25, 0.3) is 0 Å². The normalized spacial score (nSPS) is 13.3. The van der Waals surface area contributed by atoms with E-state index in [1.807, 2.05) is 22.7 Å². The second kappa shape index (κ2) is 3.85. The van der Waals surface area contributed by atoms with Crippen molar-refractivity contribution in [3.63, 3.8) is 0 Å². The first-order valence-corrected chi connectivity index (χ1v) is 5.85. The fraction of sp³-hybridized carbons (Fsp3) is 0.364. The van der Waals surface area contributed by atoms with Gasteiger partial charge in [0.2, 0.25) is 0 Å². The summed E-state index contributed by atoms with van der Waals surface area (Å²) in [5, 5.41) is 0. The average molecular weight is 268 g/mol. The summed E-state index contributed by atoms with van der Waals surface area (Å²) < 4.78 is 2.93. The molecule has 2 N–H and O–H groups in total. The van der Waals surface area contributed by atoms with Crippen molar-refractivity contribution in [3.8, 4) is 0 Å². The predicted molar refractivity (Wildman–Crippen MR) is 66.0 cm³/mol. The molecule has 4 heteroatoms. The second-order valence-corrected chi connectivity index (χ2v) is 4.68. The zero-order valence-electron chi connectivity index (χ0n) is 8.87. The lowest BCUT2D eigenvalue weighted by Crippen LogP contribution is -1.99. The summed E-state index contributed by atoms with van der Waals surface area (Å²) >= 11 is 3.43. The molecule has 0 aromatic carbocycles. The fourth-order valence-corrected chi connectivity index (χ4v) is 1.95. The van der Waals surface area contributed by atoms with Gasteiger partial charge in [0.1, 0.15) is 11.5 Å². The quantitative estimate of drug-likeness (QED) is 0.908. The van der Waals surface area contributed by atoms with E-state index in [9.17, 15) is 0 Å². The first-order valence-electron chi connectivity index (χ1n) is 5.06. The Labute approximate surface area is 97.4 Å². The first kappa shape index (κ1) is 10.5. The number of pyridine rings is 1. The zero-order chi connectivity index (χ0) is 11.0. The Hall–Kier alpha value is -1.03. The Kier molecular flexibility index (Phi) is 2.69. The van der Waals surface area contributed by atoms with Gasteiger partial charge < -0.3 is 5.73 Å². The molecule has 15 heavy (non-hydrogen) atoms. The van der Waals surface area contributed by atoms with Gasteiger partial charge in [0.05, 0.1) is 5.69 Å². The van der Waals surface area contributed by atoms with Gasteiger partial charge in [-0.2, -0.15) is 0 Å². The van der Waals surface area contributed by atoms with Gasteiger partial charge >= 0.3 is 0 Å². The van der Waals surface area contributed by atoms with Crippen LogP contribution in [-0.4, -0.2) is 9.38 Å². The summed E-state index contributed by atoms with van der Waals surface area (Å²) in [6.07, 6.45) is 3.00. The number of rotatable bonds is 2. The maximum Gasteiger partial charge on any atom is 0.138 e. The lowest BCUT2D eigenvalue weighted by atomic mass is 10.1. The molecule has 2 rings (SSSR count). The van der Waals surface area contributed by atoms with Gasteiger partial charge in [-0.1, -0.05) is 13.8 Å². The van der Waals surface area contributed by atoms with E-state index in [1.54, 1.807) is 0 Å². The number of hydrogen-bond acceptors (Lipinski definition) is 2. The predicted octanol–water partition coefficient (Wildman–Crippen LogP) is 3.19. The molecular weight excluding hydrogens is 254 g/mol. The van der Waals surface area contributed by atoms with Crippen molar-refractivity contribution in [1.29, 1.82) is 0 Å². The van der Waals surface area contributed by atoms with E-state index in [-0.39, 0.29) is 0 Å². The van der Waals surface area contributed by atoms with E-state index < -0.39 is 0 Å². The van der Waals surface area contributed by atoms with Gasteiger partial charge in [-0.15, -0.1) is 0 Å². The van der Waals surface area contributed by atoms with Crippen molar-refractivity contribution >= 4 is 27.4 Å². The minimum absolute atomic E-state index is 0.406. The largest absolute Gasteiger partial charge is 0.383 e. The fourth-order valence-electron chi connectivity index (χ4n) is 1.61. The lowest BCUT2D eigenvalue weighted by Gasteiger charge is -2.05. The maximum atomic E-state index is 6.06. The Bertz CT molecular complexity index is 490. The summed E-state index contributed by atoms with van der Waals surface area (Å²) in [6.45, 7) is 4.29. The van der Waals surface area contributed by atoms with Crippen LogP contribution in [0.25, 0.3) is 5.65 Å². The molecule has 0 saturated carbocycles. The second-order valence-electron chi connectivity index (χ2n) is 3.77. The maximum absolute atomic E-state index is 6.06. The van der Waals surface area contributed by atoms with Crippen LogP contribution in [0.1, 0.15) is 31.9 Å². The molecule has 3 nitrogen and oxygen atoms in total. The highest BCUT2D eigenvalue weighted by Crippen LogP contribution is 2.26. The highest BCUT2D eigenvalue weighted by atomic mass is 79.9. The van der Waals surface area contributed by atoms with E-state index in [2.05, 4.69) is 34.8 Å². The third-order valence-corrected chi connectivity index (χ3v) is 3.20. The Morgan fingerprint density at radius 1 is 1.53 bits per heavy atom. The number of nitrogen functional groups attached to an aromatic ring is 1. The van der Waals surface area contributed by atoms with Gasteiger partial charge in [-0.05, 0) is 34.5 Å². The molecule has 0 fully saturated rings. The standard InChI is InChI=1S/C11H14BrN3/c1-3-7(2)10-11(13)15-6-8(12)4-5-9(15)14-10/h4-7H,3,13H2,1-2H3. The molecule has 0 amide bonds. The van der Waals surface area contributed by atoms with Crippen LogP contribution < -0.4 is 5.73 Å². The lowest BCUT2D eigenvalue weighted by molar-refractivity contribution is 0.716. The summed E-state index contributed by atoms with van der Waals surface area (Å²) in [7, 11) is 0. The molecule has 80 valence electrons. The van der Waals surface area contributed by atoms with Crippen molar-refractivity contribution in [2.75, 3.05) is 5.73 Å². The number of nitrogens with zero attached hydrogens (tertiary/aromatic N) is 2. The van der Waals surface area contributed by atoms with Crippen LogP contribution in [0.2, 0.25) is 0 Å². The van der Waals surface area contributed by atoms with Crippen LogP contribution in [0, 0.1) is 0 Å². The van der Waals surface area contributed by atoms with Crippen LogP contribution in [0.4, 0.5) is 5.82 Å². The first-order chi connectivity index (χ1) is 7.13. The highest BCUT2D eigenvalue weighted by molar-refractivity contribution is 9.10. The van der Waals surface area contributed by atoms with Crippen molar-refractivity contribution in [1.82, 2.24) is 9.38 Å². The van der Waals surface area contributed by atoms with Crippen LogP contribution in [-0.2, 0) is 0 Å². The molecular formula is C11H14BrN3. The smallest absolute Gasteiger partial charge is 0.138 e. The third kappa shape index (κ3) is 1.74. The topological polar surface area (TPSA) is 43.3 Å². The SMILES string of the molecule is CCC(C)c1nc2ccc(Br)cn2c1N. The third-order valence-electron chi connectivity index (χ3n) is 2.73. The highest BCUT2D eigenvalue weighted by Gasteiger charge is 2.14. The molecule has 0 radical (unpaired) electrons. The van der Waals surface area contributed by atoms with E-state index in [1.165, 1.54) is 0 Å². The van der Waals surface area contributed by atoms with Crippen LogP contribution in [0.3, 0.4) is 0 Å². The monoisotopic (exact) mass is 267 g/mol. The van der Waals surface area contributed by atoms with Crippen molar-refractivity contribution in [3.05, 3.63) is 28.5 Å². The van der Waals surface area contributed by atoms with Crippen molar-refractivity contribution < 1.29 is 0 Å². The molecule has 2 aromatic heterocycles. The zero-order valence-corrected chi connectivity index (χ0v) is 10.5. The van der Waals surface area contributed by atoms with Gasteiger partial charge in [-0.3, -0.25) is 4.40 Å². The number of aromatic nitrogens is 2. The number of imidazole rings is 1. The Morgan fingerprint density at radius 3 is 2.93 bits per heavy atom. The molecule has 2 heterocycles. The molecule has 1 atom stereocenters. The summed E-state index contributed by atoms with van der Waals surface area (Å²) in [5.74, 6) is 1.16. The number of anilines is 1. The van der Waals surface area contributed by atoms with Crippen LogP contribution in [0.5, 0.6) is 0 Å². The van der Waals surface area contributed by atoms with Crippen molar-refractivity contribution in [2.24, 2.45) is 0 Å². The number of hydrogen-bond donors (Lipinski definition) is 1. The number of halogens is 1. The Morgan fingerprint density at radius 2 is 2.27 bits per heavy atom. The molecule has 0 bridgehead atoms. The van der Waals surface area contributed by atoms with Gasteiger partial charge in [0.15, 0.2) is 0 Å². The Balaban J connectivity index is 2.64. The molecule has 0 saturated heterocycles. The molecule has 0 spiro atoms. The van der Waals surface area contributed by atoms with Crippen molar-refractivity contribution in [2.45, 2.75) is 26.2 Å². The van der Waals surface area contributed by atoms with E-state index in [0.717, 1.165) is 28.1 Å². The molecule has 2 aromatic rings. The van der Waals surface area contributed by atoms with E-state index in [0.29, 0.717) is 5.92 Å². The molecule has 0 aliphatic carbocycles. The van der Waals surface area contributed by atoms with Gasteiger partial charge in [-0.25, -0.2) is 4.98 Å². The minimum Gasteiger partial charge on any atom is -0.383 e. The molecule has 1 unspecified atom stereocenters. The van der Waals surface area contributed by atoms with Gasteiger partial charge in [0, 0.05) is 16.6 Å². The van der Waals surface area contributed by atoms with E-state index in [4.69, 9.17) is 5.73 Å². The van der Waals surface area contributed by atoms with Crippen LogP contribution in [0.15, 0.2) is 22.8 Å². The minimum atomic E-state index is 0.406. The summed E-state index contributed by atoms with van der Waals surface area (Å²) in [5.41, 5.74) is 7.97. The van der Waals surface area contributed by atoms with Crippen LogP contribution >= 0.6 is 15.9 Å².